The van der Waals surface area contributed by atoms with E-state index in [1.54, 1.807) is 24.3 Å². The van der Waals surface area contributed by atoms with E-state index in [4.69, 9.17) is 9.47 Å². The van der Waals surface area contributed by atoms with Crippen molar-refractivity contribution in [2.45, 2.75) is 42.2 Å². The van der Waals surface area contributed by atoms with Gasteiger partial charge in [-0.1, -0.05) is 48.5 Å². The molecule has 2 heterocycles. The SMILES string of the molecule is CC1(C)S[C@H]2N(C(=O)[C@]2(CO)NC(=O)COc2ccccc2)[C@H]1C(=O)OCc1ccccc1. The number of para-hydroxylation sites is 1. The lowest BCUT2D eigenvalue weighted by atomic mass is 9.85. The van der Waals surface area contributed by atoms with E-state index in [2.05, 4.69) is 5.32 Å². The Bertz CT molecular complexity index is 1030. The number of aliphatic hydroxyl groups is 1. The van der Waals surface area contributed by atoms with Crippen molar-refractivity contribution in [3.63, 3.8) is 0 Å². The van der Waals surface area contributed by atoms with Gasteiger partial charge in [-0.05, 0) is 31.5 Å². The third kappa shape index (κ3) is 4.30. The number of hydrogen-bond acceptors (Lipinski definition) is 7. The van der Waals surface area contributed by atoms with Crippen LogP contribution in [0.3, 0.4) is 0 Å². The first kappa shape index (κ1) is 23.1. The lowest BCUT2D eigenvalue weighted by Crippen LogP contribution is -2.81. The molecule has 174 valence electrons. The molecule has 3 atom stereocenters. The maximum absolute atomic E-state index is 13.2. The summed E-state index contributed by atoms with van der Waals surface area (Å²) < 4.78 is 10.3. The van der Waals surface area contributed by atoms with E-state index < -0.39 is 46.1 Å². The van der Waals surface area contributed by atoms with Crippen LogP contribution in [0.1, 0.15) is 19.4 Å². The minimum absolute atomic E-state index is 0.0995. The highest BCUT2D eigenvalue weighted by atomic mass is 32.2. The molecule has 2 aliphatic heterocycles. The zero-order chi connectivity index (χ0) is 23.6. The minimum atomic E-state index is -1.51. The molecule has 2 aliphatic rings. The van der Waals surface area contributed by atoms with Gasteiger partial charge in [0, 0.05) is 4.75 Å². The Balaban J connectivity index is 1.43. The van der Waals surface area contributed by atoms with Crippen LogP contribution in [0.5, 0.6) is 5.75 Å². The van der Waals surface area contributed by atoms with Gasteiger partial charge >= 0.3 is 5.97 Å². The molecule has 2 N–H and O–H groups in total. The van der Waals surface area contributed by atoms with Crippen LogP contribution in [0.15, 0.2) is 60.7 Å². The van der Waals surface area contributed by atoms with Crippen molar-refractivity contribution in [1.82, 2.24) is 10.2 Å². The summed E-state index contributed by atoms with van der Waals surface area (Å²) >= 11 is 1.36. The molecule has 2 aromatic carbocycles. The molecule has 9 heteroatoms. The first-order valence-electron chi connectivity index (χ1n) is 10.6. The standard InChI is InChI=1S/C24H26N2O6S/c1-23(2)19(20(29)32-13-16-9-5-3-6-10-16)26-21(30)24(15-27,22(26)33-23)25-18(28)14-31-17-11-7-4-8-12-17/h3-12,19,22,27H,13-15H2,1-2H3,(H,25,28)/t19-,22+,24-/m0/s1. The number of nitrogens with zero attached hydrogens (tertiary/aromatic N) is 1. The number of nitrogens with one attached hydrogen (secondary N) is 1. The topological polar surface area (TPSA) is 105 Å². The molecule has 0 saturated carbocycles. The Hall–Kier alpha value is -3.04. The zero-order valence-electron chi connectivity index (χ0n) is 18.4. The van der Waals surface area contributed by atoms with Crippen LogP contribution >= 0.6 is 11.8 Å². The van der Waals surface area contributed by atoms with Gasteiger partial charge in [-0.15, -0.1) is 11.8 Å². The van der Waals surface area contributed by atoms with E-state index in [0.29, 0.717) is 5.75 Å². The molecule has 0 bridgehead atoms. The molecule has 0 aromatic heterocycles. The molecule has 2 aromatic rings. The summed E-state index contributed by atoms with van der Waals surface area (Å²) in [5.41, 5.74) is -0.663. The number of rotatable bonds is 8. The summed E-state index contributed by atoms with van der Waals surface area (Å²) in [6, 6.07) is 17.3. The highest BCUT2D eigenvalue weighted by Gasteiger charge is 2.72. The van der Waals surface area contributed by atoms with Crippen molar-refractivity contribution in [3.8, 4) is 5.75 Å². The van der Waals surface area contributed by atoms with Gasteiger partial charge < -0.3 is 24.8 Å². The number of esters is 1. The van der Waals surface area contributed by atoms with Gasteiger partial charge in [0.2, 0.25) is 0 Å². The van der Waals surface area contributed by atoms with Crippen LogP contribution in [0.2, 0.25) is 0 Å². The summed E-state index contributed by atoms with van der Waals surface area (Å²) in [7, 11) is 0. The fourth-order valence-corrected chi connectivity index (χ4v) is 5.85. The van der Waals surface area contributed by atoms with Crippen molar-refractivity contribution < 1.29 is 29.0 Å². The number of hydrogen-bond donors (Lipinski definition) is 2. The molecule has 0 aliphatic carbocycles. The van der Waals surface area contributed by atoms with Crippen LogP contribution in [0, 0.1) is 0 Å². The van der Waals surface area contributed by atoms with Crippen LogP contribution in [-0.2, 0) is 25.7 Å². The van der Waals surface area contributed by atoms with E-state index in [9.17, 15) is 19.5 Å². The van der Waals surface area contributed by atoms with E-state index in [1.165, 1.54) is 16.7 Å². The first-order valence-corrected chi connectivity index (χ1v) is 11.5. The summed E-state index contributed by atoms with van der Waals surface area (Å²) in [5, 5.41) is 12.2. The summed E-state index contributed by atoms with van der Waals surface area (Å²) in [5.74, 6) is -1.04. The van der Waals surface area contributed by atoms with Gasteiger partial charge in [0.05, 0.1) is 6.61 Å². The molecular weight excluding hydrogens is 444 g/mol. The molecule has 2 amide bonds. The smallest absolute Gasteiger partial charge is 0.330 e. The predicted molar refractivity (Wildman–Crippen MR) is 122 cm³/mol. The number of amides is 2. The van der Waals surface area contributed by atoms with Gasteiger partial charge in [0.25, 0.3) is 11.8 Å². The van der Waals surface area contributed by atoms with Gasteiger partial charge in [0.15, 0.2) is 12.1 Å². The summed E-state index contributed by atoms with van der Waals surface area (Å²) in [6.07, 6.45) is 0. The number of ether oxygens (including phenoxy) is 2. The fourth-order valence-electron chi connectivity index (χ4n) is 4.17. The molecule has 8 nitrogen and oxygen atoms in total. The van der Waals surface area contributed by atoms with Gasteiger partial charge in [0.1, 0.15) is 23.8 Å². The van der Waals surface area contributed by atoms with Gasteiger partial charge in [-0.2, -0.15) is 0 Å². The maximum Gasteiger partial charge on any atom is 0.330 e. The second-order valence-electron chi connectivity index (χ2n) is 8.56. The van der Waals surface area contributed by atoms with E-state index in [-0.39, 0.29) is 13.2 Å². The van der Waals surface area contributed by atoms with Crippen molar-refractivity contribution in [3.05, 3.63) is 66.2 Å². The van der Waals surface area contributed by atoms with Crippen molar-refractivity contribution in [2.24, 2.45) is 0 Å². The Kier molecular flexibility index (Phi) is 6.36. The van der Waals surface area contributed by atoms with E-state index in [0.717, 1.165) is 5.56 Å². The highest BCUT2D eigenvalue weighted by molar-refractivity contribution is 8.01. The van der Waals surface area contributed by atoms with Crippen molar-refractivity contribution in [1.29, 1.82) is 0 Å². The Labute approximate surface area is 196 Å². The molecule has 2 saturated heterocycles. The van der Waals surface area contributed by atoms with Crippen LogP contribution < -0.4 is 10.1 Å². The van der Waals surface area contributed by atoms with Crippen molar-refractivity contribution in [2.75, 3.05) is 13.2 Å². The number of thioether (sulfide) groups is 1. The number of β-lactam (4-membered cyclic amide) rings is 1. The molecule has 0 unspecified atom stereocenters. The Morgan fingerprint density at radius 3 is 2.36 bits per heavy atom. The largest absolute Gasteiger partial charge is 0.484 e. The van der Waals surface area contributed by atoms with E-state index in [1.807, 2.05) is 50.2 Å². The highest BCUT2D eigenvalue weighted by Crippen LogP contribution is 2.55. The molecule has 33 heavy (non-hydrogen) atoms. The number of benzene rings is 2. The Morgan fingerprint density at radius 2 is 1.73 bits per heavy atom. The third-order valence-corrected chi connectivity index (χ3v) is 7.50. The average molecular weight is 471 g/mol. The zero-order valence-corrected chi connectivity index (χ0v) is 19.2. The molecule has 0 radical (unpaired) electrons. The summed E-state index contributed by atoms with van der Waals surface area (Å²) in [6.45, 7) is 2.91. The second-order valence-corrected chi connectivity index (χ2v) is 10.3. The van der Waals surface area contributed by atoms with Gasteiger partial charge in [-0.3, -0.25) is 9.59 Å². The lowest BCUT2D eigenvalue weighted by Gasteiger charge is -2.52. The third-order valence-electron chi connectivity index (χ3n) is 5.81. The first-order chi connectivity index (χ1) is 15.8. The second kappa shape index (κ2) is 9.07. The van der Waals surface area contributed by atoms with Gasteiger partial charge in [-0.25, -0.2) is 4.79 Å². The van der Waals surface area contributed by atoms with E-state index >= 15 is 0 Å². The number of carbonyl (C=O) groups is 3. The number of fused-ring (bicyclic) bond motifs is 1. The van der Waals surface area contributed by atoms with Crippen LogP contribution in [-0.4, -0.2) is 62.7 Å². The fraction of sp³-hybridized carbons (Fsp3) is 0.375. The molecule has 4 rings (SSSR count). The lowest BCUT2D eigenvalue weighted by molar-refractivity contribution is -0.174. The molecule has 0 spiro atoms. The molecule has 2 fully saturated rings. The minimum Gasteiger partial charge on any atom is -0.484 e. The normalized spacial score (nSPS) is 25.1. The average Bonchev–Trinajstić information content (AvgIpc) is 3.09. The van der Waals surface area contributed by atoms with Crippen molar-refractivity contribution >= 4 is 29.5 Å². The summed E-state index contributed by atoms with van der Waals surface area (Å²) in [4.78, 5) is 40.1. The number of carbonyl (C=O) groups excluding carboxylic acids is 3. The monoisotopic (exact) mass is 470 g/mol. The van der Waals surface area contributed by atoms with Crippen LogP contribution in [0.4, 0.5) is 0 Å². The quantitative estimate of drug-likeness (QED) is 0.447. The predicted octanol–water partition coefficient (Wildman–Crippen LogP) is 1.72. The maximum atomic E-state index is 13.2. The van der Waals surface area contributed by atoms with Crippen LogP contribution in [0.25, 0.3) is 0 Å². The number of aliphatic hydroxyl groups excluding tert-OH is 1. The Morgan fingerprint density at radius 1 is 1.09 bits per heavy atom. The molecular formula is C24H26N2O6S.